The van der Waals surface area contributed by atoms with E-state index in [0.29, 0.717) is 31.0 Å². The highest BCUT2D eigenvalue weighted by molar-refractivity contribution is 7.89. The van der Waals surface area contributed by atoms with Crippen LogP contribution in [-0.4, -0.2) is 52.2 Å². The van der Waals surface area contributed by atoms with E-state index in [1.165, 1.54) is 10.4 Å². The summed E-state index contributed by atoms with van der Waals surface area (Å²) in [6, 6.07) is 4.44. The van der Waals surface area contributed by atoms with Gasteiger partial charge in [0.25, 0.3) is 0 Å². The fraction of sp³-hybridized carbons (Fsp3) is 0.357. The van der Waals surface area contributed by atoms with Crippen LogP contribution in [0.3, 0.4) is 0 Å². The number of nitrogens with one attached hydrogen (secondary N) is 1. The first-order valence-electron chi connectivity index (χ1n) is 7.50. The molecule has 0 radical (unpaired) electrons. The summed E-state index contributed by atoms with van der Waals surface area (Å²) in [5.41, 5.74) is 0.661. The first-order chi connectivity index (χ1) is 11.6. The quantitative estimate of drug-likeness (QED) is 0.725. The number of sulfonamides is 1. The van der Waals surface area contributed by atoms with Crippen molar-refractivity contribution in [3.05, 3.63) is 36.4 Å². The third-order valence-electron chi connectivity index (χ3n) is 4.19. The highest BCUT2D eigenvalue weighted by Gasteiger charge is 2.37. The lowest BCUT2D eigenvalue weighted by atomic mass is 10.2. The molecule has 126 valence electrons. The molecule has 1 saturated heterocycles. The highest BCUT2D eigenvalue weighted by atomic mass is 32.2. The van der Waals surface area contributed by atoms with Gasteiger partial charge in [0, 0.05) is 39.1 Å². The molecule has 1 unspecified atom stereocenters. The Morgan fingerprint density at radius 3 is 3.00 bits per heavy atom. The van der Waals surface area contributed by atoms with E-state index < -0.39 is 10.0 Å². The summed E-state index contributed by atoms with van der Waals surface area (Å²) in [5.74, 6) is 0.691. The van der Waals surface area contributed by atoms with Crippen LogP contribution < -0.4 is 5.32 Å². The zero-order valence-corrected chi connectivity index (χ0v) is 13.8. The molecule has 1 aliphatic rings. The molecule has 0 spiro atoms. The van der Waals surface area contributed by atoms with Crippen molar-refractivity contribution in [1.29, 1.82) is 0 Å². The number of rotatable bonds is 3. The van der Waals surface area contributed by atoms with E-state index in [0.717, 1.165) is 0 Å². The van der Waals surface area contributed by atoms with Crippen LogP contribution in [-0.2, 0) is 17.1 Å². The van der Waals surface area contributed by atoms with Crippen molar-refractivity contribution in [3.8, 4) is 0 Å². The van der Waals surface area contributed by atoms with Gasteiger partial charge in [0.1, 0.15) is 16.2 Å². The minimum atomic E-state index is -3.77. The summed E-state index contributed by atoms with van der Waals surface area (Å²) >= 11 is 0. The van der Waals surface area contributed by atoms with E-state index in [1.807, 2.05) is 11.6 Å². The van der Waals surface area contributed by atoms with E-state index in [4.69, 9.17) is 4.63 Å². The normalized spacial score (nSPS) is 19.8. The summed E-state index contributed by atoms with van der Waals surface area (Å²) in [7, 11) is -1.92. The van der Waals surface area contributed by atoms with Gasteiger partial charge in [-0.2, -0.15) is 4.31 Å². The van der Waals surface area contributed by atoms with E-state index in [2.05, 4.69) is 20.6 Å². The Kier molecular flexibility index (Phi) is 3.59. The van der Waals surface area contributed by atoms with Crippen LogP contribution >= 0.6 is 0 Å². The molecular formula is C14H16N6O3S. The molecule has 0 aliphatic carbocycles. The first kappa shape index (κ1) is 15.2. The van der Waals surface area contributed by atoms with Crippen LogP contribution in [0.5, 0.6) is 0 Å². The third-order valence-corrected chi connectivity index (χ3v) is 6.13. The standard InChI is InChI=1S/C14H16N6O3S/c1-19-7-6-16-14(19)11-9-15-5-8-20(11)24(21,22)12-4-2-3-10-13(12)18-23-17-10/h2-4,6-7,11,15H,5,8-9H2,1H3. The minimum Gasteiger partial charge on any atom is -0.337 e. The van der Waals surface area contributed by atoms with Crippen LogP contribution in [0, 0.1) is 0 Å². The Hall–Kier alpha value is -2.30. The molecule has 10 heteroatoms. The average molecular weight is 348 g/mol. The topological polar surface area (TPSA) is 106 Å². The van der Waals surface area contributed by atoms with Gasteiger partial charge >= 0.3 is 0 Å². The Morgan fingerprint density at radius 1 is 1.33 bits per heavy atom. The van der Waals surface area contributed by atoms with Crippen molar-refractivity contribution in [1.82, 2.24) is 29.5 Å². The SMILES string of the molecule is Cn1ccnc1C1CNCCN1S(=O)(=O)c1cccc2nonc12. The van der Waals surface area contributed by atoms with Gasteiger partial charge in [-0.05, 0) is 22.4 Å². The molecule has 1 N–H and O–H groups in total. The molecule has 3 aromatic rings. The van der Waals surface area contributed by atoms with Gasteiger partial charge in [-0.3, -0.25) is 0 Å². The largest absolute Gasteiger partial charge is 0.337 e. The predicted molar refractivity (Wildman–Crippen MR) is 84.5 cm³/mol. The Balaban J connectivity index is 1.82. The van der Waals surface area contributed by atoms with Gasteiger partial charge in [-0.25, -0.2) is 18.0 Å². The van der Waals surface area contributed by atoms with Crippen LogP contribution in [0.25, 0.3) is 11.0 Å². The number of nitrogens with zero attached hydrogens (tertiary/aromatic N) is 5. The predicted octanol–water partition coefficient (Wildman–Crippen LogP) is 0.292. The first-order valence-corrected chi connectivity index (χ1v) is 8.94. The average Bonchev–Trinajstić information content (AvgIpc) is 3.22. The maximum Gasteiger partial charge on any atom is 0.246 e. The summed E-state index contributed by atoms with van der Waals surface area (Å²) in [4.78, 5) is 4.42. The smallest absolute Gasteiger partial charge is 0.246 e. The van der Waals surface area contributed by atoms with E-state index >= 15 is 0 Å². The second kappa shape index (κ2) is 5.65. The lowest BCUT2D eigenvalue weighted by Gasteiger charge is -2.34. The molecular weight excluding hydrogens is 332 g/mol. The second-order valence-corrected chi connectivity index (χ2v) is 7.48. The number of imidazole rings is 1. The molecule has 0 saturated carbocycles. The fourth-order valence-corrected chi connectivity index (χ4v) is 4.73. The molecule has 0 amide bonds. The van der Waals surface area contributed by atoms with Crippen molar-refractivity contribution in [2.75, 3.05) is 19.6 Å². The maximum atomic E-state index is 13.3. The van der Waals surface area contributed by atoms with Gasteiger partial charge in [0.05, 0.1) is 6.04 Å². The summed E-state index contributed by atoms with van der Waals surface area (Å²) in [6.45, 7) is 1.42. The van der Waals surface area contributed by atoms with Crippen LogP contribution in [0.2, 0.25) is 0 Å². The number of aromatic nitrogens is 4. The van der Waals surface area contributed by atoms with Crippen molar-refractivity contribution < 1.29 is 13.0 Å². The zero-order valence-electron chi connectivity index (χ0n) is 13.0. The lowest BCUT2D eigenvalue weighted by Crippen LogP contribution is -2.49. The number of aryl methyl sites for hydroxylation is 1. The molecule has 3 heterocycles. The molecule has 1 fully saturated rings. The summed E-state index contributed by atoms with van der Waals surface area (Å²) in [6.07, 6.45) is 3.47. The molecule has 1 atom stereocenters. The van der Waals surface area contributed by atoms with Gasteiger partial charge in [-0.15, -0.1) is 0 Å². The van der Waals surface area contributed by atoms with Crippen molar-refractivity contribution in [3.63, 3.8) is 0 Å². The van der Waals surface area contributed by atoms with Crippen LogP contribution in [0.15, 0.2) is 40.1 Å². The molecule has 0 bridgehead atoms. The van der Waals surface area contributed by atoms with Gasteiger partial charge in [0.15, 0.2) is 5.52 Å². The van der Waals surface area contributed by atoms with Gasteiger partial charge < -0.3 is 9.88 Å². The number of hydrogen-bond donors (Lipinski definition) is 1. The van der Waals surface area contributed by atoms with Crippen molar-refractivity contribution in [2.24, 2.45) is 7.05 Å². The number of piperazine rings is 1. The molecule has 1 aromatic carbocycles. The lowest BCUT2D eigenvalue weighted by molar-refractivity contribution is 0.258. The zero-order chi connectivity index (χ0) is 16.7. The maximum absolute atomic E-state index is 13.3. The second-order valence-electron chi connectivity index (χ2n) is 5.62. The summed E-state index contributed by atoms with van der Waals surface area (Å²) < 4.78 is 34.5. The highest BCUT2D eigenvalue weighted by Crippen LogP contribution is 2.30. The molecule has 2 aromatic heterocycles. The Morgan fingerprint density at radius 2 is 2.21 bits per heavy atom. The summed E-state index contributed by atoms with van der Waals surface area (Å²) in [5, 5.41) is 10.7. The number of hydrogen-bond acceptors (Lipinski definition) is 7. The Labute approximate surface area is 138 Å². The monoisotopic (exact) mass is 348 g/mol. The van der Waals surface area contributed by atoms with Gasteiger partial charge in [-0.1, -0.05) is 6.07 Å². The number of benzene rings is 1. The van der Waals surface area contributed by atoms with E-state index in [-0.39, 0.29) is 16.5 Å². The van der Waals surface area contributed by atoms with Crippen LogP contribution in [0.4, 0.5) is 0 Å². The molecule has 1 aliphatic heterocycles. The van der Waals surface area contributed by atoms with Crippen LogP contribution in [0.1, 0.15) is 11.9 Å². The van der Waals surface area contributed by atoms with Gasteiger partial charge in [0.2, 0.25) is 10.0 Å². The molecule has 4 rings (SSSR count). The minimum absolute atomic E-state index is 0.0994. The number of fused-ring (bicyclic) bond motifs is 1. The molecule has 24 heavy (non-hydrogen) atoms. The van der Waals surface area contributed by atoms with E-state index in [1.54, 1.807) is 24.5 Å². The van der Waals surface area contributed by atoms with Crippen molar-refractivity contribution in [2.45, 2.75) is 10.9 Å². The van der Waals surface area contributed by atoms with E-state index in [9.17, 15) is 8.42 Å². The fourth-order valence-electron chi connectivity index (χ4n) is 3.01. The van der Waals surface area contributed by atoms with Crippen molar-refractivity contribution >= 4 is 21.1 Å². The Bertz CT molecular complexity index is 979. The third kappa shape index (κ3) is 2.30. The molecule has 9 nitrogen and oxygen atoms in total.